The molecule has 0 heterocycles. The van der Waals surface area contributed by atoms with Crippen molar-refractivity contribution in [3.8, 4) is 0 Å². The summed E-state index contributed by atoms with van der Waals surface area (Å²) in [4.78, 5) is 24.0. The molecule has 0 unspecified atom stereocenters. The largest absolute Gasteiger partial charge is 0.290 e. The van der Waals surface area contributed by atoms with Gasteiger partial charge in [0.05, 0.1) is 8.07 Å². The van der Waals surface area contributed by atoms with Crippen molar-refractivity contribution in [1.82, 2.24) is 0 Å². The van der Waals surface area contributed by atoms with Gasteiger partial charge in [0.25, 0.3) is 0 Å². The molecular formula is C13H20O2Si. The Balaban J connectivity index is 3.24. The molecular weight excluding hydrogens is 216 g/mol. The Hall–Kier alpha value is -0.963. The van der Waals surface area contributed by atoms with Crippen LogP contribution in [0.25, 0.3) is 0 Å². The Morgan fingerprint density at radius 2 is 1.50 bits per heavy atom. The predicted octanol–water partition coefficient (Wildman–Crippen LogP) is 2.91. The van der Waals surface area contributed by atoms with E-state index in [-0.39, 0.29) is 17.0 Å². The molecule has 1 rings (SSSR count). The second-order valence-electron chi connectivity index (χ2n) is 6.35. The first-order chi connectivity index (χ1) is 7.03. The molecule has 1 aliphatic rings. The van der Waals surface area contributed by atoms with Gasteiger partial charge in [0, 0.05) is 5.57 Å². The van der Waals surface area contributed by atoms with Gasteiger partial charge in [-0.25, -0.2) is 0 Å². The summed E-state index contributed by atoms with van der Waals surface area (Å²) in [5.41, 5.74) is 0.392. The molecule has 0 radical (unpaired) electrons. The smallest absolute Gasteiger partial charge is 0.181 e. The molecule has 88 valence electrons. The Morgan fingerprint density at radius 1 is 1.00 bits per heavy atom. The topological polar surface area (TPSA) is 34.1 Å². The van der Waals surface area contributed by atoms with Gasteiger partial charge in [-0.1, -0.05) is 40.4 Å². The van der Waals surface area contributed by atoms with Gasteiger partial charge in [0.15, 0.2) is 11.6 Å². The molecule has 2 nitrogen and oxygen atoms in total. The molecule has 0 fully saturated rings. The maximum absolute atomic E-state index is 12.3. The van der Waals surface area contributed by atoms with Crippen LogP contribution in [0.1, 0.15) is 20.8 Å². The summed E-state index contributed by atoms with van der Waals surface area (Å²) >= 11 is 0. The quantitative estimate of drug-likeness (QED) is 0.518. The second kappa shape index (κ2) is 3.81. The number of hydrogen-bond donors (Lipinski definition) is 0. The molecule has 0 aromatic rings. The third-order valence-corrected chi connectivity index (χ3v) is 4.67. The molecule has 0 spiro atoms. The Kier molecular flexibility index (Phi) is 3.12. The van der Waals surface area contributed by atoms with Crippen LogP contribution in [0.15, 0.2) is 22.9 Å². The third-order valence-electron chi connectivity index (χ3n) is 2.68. The lowest BCUT2D eigenvalue weighted by Crippen LogP contribution is -2.35. The Bertz CT molecular complexity index is 365. The predicted molar refractivity (Wildman–Crippen MR) is 69.0 cm³/mol. The van der Waals surface area contributed by atoms with Crippen LogP contribution in [-0.4, -0.2) is 19.6 Å². The number of allylic oxidation sites excluding steroid dienone is 4. The highest BCUT2D eigenvalue weighted by Crippen LogP contribution is 2.33. The number of carbonyl (C=O) groups is 2. The molecule has 0 amide bonds. The lowest BCUT2D eigenvalue weighted by atomic mass is 9.81. The zero-order valence-electron chi connectivity index (χ0n) is 11.0. The van der Waals surface area contributed by atoms with E-state index in [2.05, 4.69) is 19.6 Å². The van der Waals surface area contributed by atoms with Crippen LogP contribution < -0.4 is 0 Å². The van der Waals surface area contributed by atoms with Gasteiger partial charge in [-0.3, -0.25) is 9.59 Å². The van der Waals surface area contributed by atoms with E-state index in [9.17, 15) is 9.59 Å². The highest BCUT2D eigenvalue weighted by Gasteiger charge is 2.35. The second-order valence-corrected chi connectivity index (χ2v) is 11.4. The number of Topliss-reactive ketones (excluding diaryl/α,β-unsaturated/α-hetero) is 1. The fraction of sp³-hybridized carbons (Fsp3) is 0.538. The normalized spacial score (nSPS) is 18.4. The van der Waals surface area contributed by atoms with Gasteiger partial charge >= 0.3 is 0 Å². The molecule has 0 aliphatic heterocycles. The van der Waals surface area contributed by atoms with Crippen molar-refractivity contribution in [2.24, 2.45) is 5.41 Å². The summed E-state index contributed by atoms with van der Waals surface area (Å²) in [5.74, 6) is 0.0354. The van der Waals surface area contributed by atoms with Crippen molar-refractivity contribution in [2.75, 3.05) is 0 Å². The summed E-state index contributed by atoms with van der Waals surface area (Å²) in [6, 6.07) is 0. The summed E-state index contributed by atoms with van der Waals surface area (Å²) in [6.45, 7) is 12.2. The molecule has 0 aromatic heterocycles. The minimum atomic E-state index is -1.73. The van der Waals surface area contributed by atoms with Gasteiger partial charge in [0.1, 0.15) is 0 Å². The molecule has 0 N–H and O–H groups in total. The van der Waals surface area contributed by atoms with E-state index in [1.807, 2.05) is 20.8 Å². The van der Waals surface area contributed by atoms with Crippen LogP contribution in [0.3, 0.4) is 0 Å². The Labute approximate surface area is 98.4 Å². The average Bonchev–Trinajstić information content (AvgIpc) is 2.04. The first kappa shape index (κ1) is 13.1. The molecule has 0 bridgehead atoms. The van der Waals surface area contributed by atoms with Gasteiger partial charge in [-0.05, 0) is 22.8 Å². The van der Waals surface area contributed by atoms with Crippen molar-refractivity contribution < 1.29 is 9.59 Å². The summed E-state index contributed by atoms with van der Waals surface area (Å²) in [5, 5.41) is 0.755. The fourth-order valence-corrected chi connectivity index (χ4v) is 3.11. The Morgan fingerprint density at radius 3 is 1.88 bits per heavy atom. The molecule has 0 atom stereocenters. The van der Waals surface area contributed by atoms with Crippen molar-refractivity contribution in [1.29, 1.82) is 0 Å². The van der Waals surface area contributed by atoms with E-state index in [0.29, 0.717) is 5.57 Å². The molecule has 16 heavy (non-hydrogen) atoms. The van der Waals surface area contributed by atoms with Gasteiger partial charge in [0.2, 0.25) is 0 Å². The highest BCUT2D eigenvalue weighted by atomic mass is 28.3. The minimum Gasteiger partial charge on any atom is -0.290 e. The van der Waals surface area contributed by atoms with Gasteiger partial charge in [-0.2, -0.15) is 0 Å². The number of carbonyl (C=O) groups excluding carboxylic acids is 2. The maximum atomic E-state index is 12.3. The molecule has 3 heteroatoms. The van der Waals surface area contributed by atoms with Gasteiger partial charge in [-0.15, -0.1) is 0 Å². The molecule has 0 saturated heterocycles. The van der Waals surface area contributed by atoms with Crippen molar-refractivity contribution in [3.05, 3.63) is 22.9 Å². The summed E-state index contributed by atoms with van der Waals surface area (Å²) in [6.07, 6.45) is 3.02. The lowest BCUT2D eigenvalue weighted by molar-refractivity contribution is -0.115. The number of ketones is 2. The van der Waals surface area contributed by atoms with Crippen molar-refractivity contribution in [2.45, 2.75) is 40.4 Å². The summed E-state index contributed by atoms with van der Waals surface area (Å²) in [7, 11) is -1.73. The van der Waals surface area contributed by atoms with E-state index >= 15 is 0 Å². The zero-order chi connectivity index (χ0) is 12.7. The lowest BCUT2D eigenvalue weighted by Gasteiger charge is -2.29. The fourth-order valence-electron chi connectivity index (χ4n) is 1.72. The van der Waals surface area contributed by atoms with Crippen LogP contribution in [0.4, 0.5) is 0 Å². The van der Waals surface area contributed by atoms with Crippen molar-refractivity contribution >= 4 is 19.6 Å². The molecule has 0 saturated carbocycles. The van der Waals surface area contributed by atoms with E-state index in [1.54, 1.807) is 0 Å². The van der Waals surface area contributed by atoms with Crippen LogP contribution in [0.5, 0.6) is 0 Å². The van der Waals surface area contributed by atoms with Crippen LogP contribution in [-0.2, 0) is 9.59 Å². The standard InChI is InChI=1S/C13H20O2Si/c1-13(2,3)10-7-9(14)8-11(12(10)15)16(4,5)6/h7-8H,1-6H3. The summed E-state index contributed by atoms with van der Waals surface area (Å²) < 4.78 is 0. The van der Waals surface area contributed by atoms with E-state index in [4.69, 9.17) is 0 Å². The SMILES string of the molecule is CC(C)(C)C1=CC(=O)C=C([Si](C)(C)C)C1=O. The zero-order valence-corrected chi connectivity index (χ0v) is 12.0. The van der Waals surface area contributed by atoms with Gasteiger partial charge < -0.3 is 0 Å². The first-order valence-corrected chi connectivity index (χ1v) is 9.06. The van der Waals surface area contributed by atoms with E-state index < -0.39 is 8.07 Å². The van der Waals surface area contributed by atoms with E-state index in [0.717, 1.165) is 5.20 Å². The first-order valence-electron chi connectivity index (χ1n) is 5.56. The number of hydrogen-bond acceptors (Lipinski definition) is 2. The molecule has 1 aliphatic carbocycles. The number of rotatable bonds is 1. The van der Waals surface area contributed by atoms with Crippen LogP contribution in [0, 0.1) is 5.41 Å². The maximum Gasteiger partial charge on any atom is 0.181 e. The average molecular weight is 236 g/mol. The molecule has 0 aromatic carbocycles. The van der Waals surface area contributed by atoms with E-state index in [1.165, 1.54) is 12.2 Å². The highest BCUT2D eigenvalue weighted by molar-refractivity contribution is 6.88. The van der Waals surface area contributed by atoms with Crippen molar-refractivity contribution in [3.63, 3.8) is 0 Å². The monoisotopic (exact) mass is 236 g/mol. The third kappa shape index (κ3) is 2.58. The minimum absolute atomic E-state index is 0.0399. The van der Waals surface area contributed by atoms with Crippen LogP contribution in [0.2, 0.25) is 19.6 Å². The van der Waals surface area contributed by atoms with Crippen LogP contribution >= 0.6 is 0 Å².